The molecule has 0 bridgehead atoms. The fraction of sp³-hybridized carbons (Fsp3) is 0.200. The summed E-state index contributed by atoms with van der Waals surface area (Å²) in [6, 6.07) is 23.2. The molecule has 1 aliphatic rings. The lowest BCUT2D eigenvalue weighted by atomic mass is 10.0. The fourth-order valence-electron chi connectivity index (χ4n) is 4.84. The number of hydrogen-bond acceptors (Lipinski definition) is 7. The van der Waals surface area contributed by atoms with Crippen molar-refractivity contribution in [3.8, 4) is 10.6 Å². The highest BCUT2D eigenvalue weighted by Gasteiger charge is 2.28. The van der Waals surface area contributed by atoms with E-state index in [-0.39, 0.29) is 23.2 Å². The topological polar surface area (TPSA) is 91.4 Å². The minimum atomic E-state index is -3.71. The minimum Gasteiger partial charge on any atom is -0.313 e. The van der Waals surface area contributed by atoms with Gasteiger partial charge in [0.05, 0.1) is 15.1 Å². The van der Waals surface area contributed by atoms with Crippen molar-refractivity contribution in [1.29, 1.82) is 0 Å². The zero-order valence-corrected chi connectivity index (χ0v) is 25.7. The van der Waals surface area contributed by atoms with E-state index >= 15 is 0 Å². The minimum absolute atomic E-state index is 0. The first kappa shape index (κ1) is 29.2. The van der Waals surface area contributed by atoms with Crippen LogP contribution in [0.2, 0.25) is 0 Å². The SMILES string of the molecule is CC(C)N1CCc2c(sc(NC(=O)c3ccc(NS(=O)(=O)c4ccccc4)cc3)c2-c2nc3ccccc3s2)C1.Cl. The van der Waals surface area contributed by atoms with E-state index in [1.54, 1.807) is 65.1 Å². The van der Waals surface area contributed by atoms with Crippen LogP contribution in [0.5, 0.6) is 0 Å². The molecule has 5 aromatic rings. The summed E-state index contributed by atoms with van der Waals surface area (Å²) in [5.41, 5.74) is 4.06. The molecule has 7 nitrogen and oxygen atoms in total. The van der Waals surface area contributed by atoms with Gasteiger partial charge in [-0.1, -0.05) is 30.3 Å². The summed E-state index contributed by atoms with van der Waals surface area (Å²) >= 11 is 3.26. The van der Waals surface area contributed by atoms with Crippen LogP contribution in [-0.2, 0) is 23.0 Å². The number of thiazole rings is 1. The molecule has 3 aromatic carbocycles. The smallest absolute Gasteiger partial charge is 0.261 e. The van der Waals surface area contributed by atoms with Crippen molar-refractivity contribution in [2.24, 2.45) is 0 Å². The van der Waals surface area contributed by atoms with Gasteiger partial charge >= 0.3 is 0 Å². The quantitative estimate of drug-likeness (QED) is 0.199. The Morgan fingerprint density at radius 1 is 0.951 bits per heavy atom. The van der Waals surface area contributed by atoms with Crippen LogP contribution >= 0.6 is 35.1 Å². The van der Waals surface area contributed by atoms with Crippen molar-refractivity contribution < 1.29 is 13.2 Å². The van der Waals surface area contributed by atoms with Crippen LogP contribution in [0.1, 0.15) is 34.6 Å². The van der Waals surface area contributed by atoms with E-state index < -0.39 is 10.0 Å². The summed E-state index contributed by atoms with van der Waals surface area (Å²) in [6.07, 6.45) is 0.904. The number of anilines is 2. The van der Waals surface area contributed by atoms with Gasteiger partial charge in [0.15, 0.2) is 0 Å². The molecule has 41 heavy (non-hydrogen) atoms. The highest BCUT2D eigenvalue weighted by molar-refractivity contribution is 7.92. The highest BCUT2D eigenvalue weighted by atomic mass is 35.5. The maximum Gasteiger partial charge on any atom is 0.261 e. The number of carbonyl (C=O) groups excluding carboxylic acids is 1. The maximum atomic E-state index is 13.4. The van der Waals surface area contributed by atoms with E-state index in [0.717, 1.165) is 45.3 Å². The molecular weight excluding hydrogens is 596 g/mol. The second-order valence-corrected chi connectivity index (χ2v) is 13.8. The third kappa shape index (κ3) is 6.02. The van der Waals surface area contributed by atoms with Crippen molar-refractivity contribution in [2.75, 3.05) is 16.6 Å². The van der Waals surface area contributed by atoms with Gasteiger partial charge < -0.3 is 5.32 Å². The lowest BCUT2D eigenvalue weighted by Gasteiger charge is -2.30. The molecule has 1 aliphatic heterocycles. The van der Waals surface area contributed by atoms with Crippen LogP contribution < -0.4 is 10.0 Å². The molecule has 0 unspecified atom stereocenters. The van der Waals surface area contributed by atoms with Crippen molar-refractivity contribution >= 4 is 71.9 Å². The van der Waals surface area contributed by atoms with Crippen molar-refractivity contribution in [2.45, 2.75) is 37.8 Å². The first-order chi connectivity index (χ1) is 19.3. The van der Waals surface area contributed by atoms with E-state index in [2.05, 4.69) is 34.9 Å². The lowest BCUT2D eigenvalue weighted by molar-refractivity contribution is 0.102. The van der Waals surface area contributed by atoms with Crippen LogP contribution in [-0.4, -0.2) is 36.8 Å². The van der Waals surface area contributed by atoms with Crippen LogP contribution in [0.4, 0.5) is 10.7 Å². The number of hydrogen-bond donors (Lipinski definition) is 2. The van der Waals surface area contributed by atoms with Gasteiger partial charge in [-0.25, -0.2) is 13.4 Å². The number of aromatic nitrogens is 1. The van der Waals surface area contributed by atoms with E-state index in [4.69, 9.17) is 4.98 Å². The van der Waals surface area contributed by atoms with Crippen molar-refractivity contribution in [3.05, 3.63) is 94.9 Å². The third-order valence-electron chi connectivity index (χ3n) is 7.00. The van der Waals surface area contributed by atoms with E-state index in [9.17, 15) is 13.2 Å². The van der Waals surface area contributed by atoms with Gasteiger partial charge in [-0.15, -0.1) is 35.1 Å². The summed E-state index contributed by atoms with van der Waals surface area (Å²) in [7, 11) is -3.71. The molecule has 0 saturated carbocycles. The fourth-order valence-corrected chi connectivity index (χ4v) is 8.29. The number of benzene rings is 3. The number of fused-ring (bicyclic) bond motifs is 2. The predicted molar refractivity (Wildman–Crippen MR) is 171 cm³/mol. The summed E-state index contributed by atoms with van der Waals surface area (Å²) in [4.78, 5) is 22.2. The summed E-state index contributed by atoms with van der Waals surface area (Å²) in [5.74, 6) is -0.251. The molecule has 2 aromatic heterocycles. The summed E-state index contributed by atoms with van der Waals surface area (Å²) in [6.45, 7) is 6.23. The first-order valence-electron chi connectivity index (χ1n) is 13.0. The van der Waals surface area contributed by atoms with E-state index in [0.29, 0.717) is 17.3 Å². The van der Waals surface area contributed by atoms with E-state index in [1.807, 2.05) is 18.2 Å². The standard InChI is InChI=1S/C30H28N4O3S3.ClH/c1-19(2)34-17-16-23-26(18-34)39-30(27(23)29-31-24-10-6-7-11-25(24)38-29)32-28(35)20-12-14-21(15-13-20)33-40(36,37)22-8-4-3-5-9-22;/h3-15,19,33H,16-18H2,1-2H3,(H,32,35);1H. The first-order valence-corrected chi connectivity index (χ1v) is 16.1. The molecular formula is C30H29ClN4O3S3. The number of rotatable bonds is 7. The molecule has 1 amide bonds. The van der Waals surface area contributed by atoms with Crippen LogP contribution in [0.15, 0.2) is 83.8 Å². The average molecular weight is 625 g/mol. The van der Waals surface area contributed by atoms with Gasteiger partial charge in [0.25, 0.3) is 15.9 Å². The number of halogens is 1. The Bertz CT molecular complexity index is 1770. The maximum absolute atomic E-state index is 13.4. The van der Waals surface area contributed by atoms with Crippen LogP contribution in [0, 0.1) is 0 Å². The number of para-hydroxylation sites is 1. The molecule has 0 saturated heterocycles. The van der Waals surface area contributed by atoms with Gasteiger partial charge in [-0.3, -0.25) is 14.4 Å². The zero-order valence-electron chi connectivity index (χ0n) is 22.5. The average Bonchev–Trinajstić information content (AvgIpc) is 3.53. The Balaban J connectivity index is 0.00000337. The van der Waals surface area contributed by atoms with Crippen molar-refractivity contribution in [1.82, 2.24) is 9.88 Å². The Morgan fingerprint density at radius 2 is 1.66 bits per heavy atom. The molecule has 2 N–H and O–H groups in total. The Morgan fingerprint density at radius 3 is 2.37 bits per heavy atom. The molecule has 11 heteroatoms. The number of nitrogens with one attached hydrogen (secondary N) is 2. The Labute approximate surface area is 253 Å². The van der Waals surface area contributed by atoms with Crippen molar-refractivity contribution in [3.63, 3.8) is 0 Å². The number of sulfonamides is 1. The third-order valence-corrected chi connectivity index (χ3v) is 10.6. The lowest BCUT2D eigenvalue weighted by Crippen LogP contribution is -2.35. The molecule has 0 fully saturated rings. The highest BCUT2D eigenvalue weighted by Crippen LogP contribution is 2.46. The Kier molecular flexibility index (Phi) is 8.49. The summed E-state index contributed by atoms with van der Waals surface area (Å²) in [5, 5.41) is 4.87. The van der Waals surface area contributed by atoms with Crippen LogP contribution in [0.3, 0.4) is 0 Å². The monoisotopic (exact) mass is 624 g/mol. The number of thiophene rings is 1. The zero-order chi connectivity index (χ0) is 27.9. The van der Waals surface area contributed by atoms with Gasteiger partial charge in [0.2, 0.25) is 0 Å². The van der Waals surface area contributed by atoms with Gasteiger partial charge in [-0.05, 0) is 74.4 Å². The molecule has 212 valence electrons. The second kappa shape index (κ2) is 11.9. The number of amides is 1. The second-order valence-electron chi connectivity index (χ2n) is 9.96. The largest absolute Gasteiger partial charge is 0.313 e. The predicted octanol–water partition coefficient (Wildman–Crippen LogP) is 7.27. The normalized spacial score (nSPS) is 13.5. The Hall–Kier alpha value is -3.28. The van der Waals surface area contributed by atoms with Gasteiger partial charge in [0, 0.05) is 40.8 Å². The van der Waals surface area contributed by atoms with Crippen LogP contribution in [0.25, 0.3) is 20.8 Å². The molecule has 6 rings (SSSR count). The van der Waals surface area contributed by atoms with E-state index in [1.165, 1.54) is 22.6 Å². The number of nitrogens with zero attached hydrogens (tertiary/aromatic N) is 2. The number of carbonyl (C=O) groups is 1. The molecule has 0 spiro atoms. The summed E-state index contributed by atoms with van der Waals surface area (Å²) < 4.78 is 29.0. The molecule has 0 aliphatic carbocycles. The van der Waals surface area contributed by atoms with Gasteiger partial charge in [-0.2, -0.15) is 0 Å². The van der Waals surface area contributed by atoms with Gasteiger partial charge in [0.1, 0.15) is 10.0 Å². The molecule has 0 radical (unpaired) electrons. The molecule has 3 heterocycles. The molecule has 0 atom stereocenters.